The molecule has 0 aromatic rings. The molecule has 1 aliphatic rings. The second kappa shape index (κ2) is 3.56. The van der Waals surface area contributed by atoms with Crippen LogP contribution in [0.15, 0.2) is 0 Å². The molecule has 1 unspecified atom stereocenters. The van der Waals surface area contributed by atoms with Gasteiger partial charge in [0.15, 0.2) is 0 Å². The van der Waals surface area contributed by atoms with Gasteiger partial charge in [0.05, 0.1) is 6.61 Å². The van der Waals surface area contributed by atoms with E-state index in [0.717, 1.165) is 19.4 Å². The van der Waals surface area contributed by atoms with E-state index in [9.17, 15) is 4.79 Å². The van der Waals surface area contributed by atoms with Gasteiger partial charge in [0.25, 0.3) is 0 Å². The molecule has 0 saturated carbocycles. The molecule has 0 aliphatic carbocycles. The first-order valence-electron chi connectivity index (χ1n) is 3.74. The monoisotopic (exact) mass is 143 g/mol. The van der Waals surface area contributed by atoms with Gasteiger partial charge in [-0.15, -0.1) is 0 Å². The molecule has 0 bridgehead atoms. The third-order valence-electron chi connectivity index (χ3n) is 1.43. The zero-order valence-corrected chi connectivity index (χ0v) is 6.22. The number of carbonyl (C=O) groups is 1. The number of esters is 1. The van der Waals surface area contributed by atoms with Crippen LogP contribution < -0.4 is 5.32 Å². The molecule has 3 nitrogen and oxygen atoms in total. The van der Waals surface area contributed by atoms with Crippen LogP contribution in [0.4, 0.5) is 0 Å². The summed E-state index contributed by atoms with van der Waals surface area (Å²) in [6.45, 7) is 3.45. The number of hydrogen-bond acceptors (Lipinski definition) is 3. The van der Waals surface area contributed by atoms with Gasteiger partial charge >= 0.3 is 5.97 Å². The third kappa shape index (κ3) is 2.35. The van der Waals surface area contributed by atoms with E-state index >= 15 is 0 Å². The fourth-order valence-electron chi connectivity index (χ4n) is 0.643. The molecule has 0 aromatic heterocycles. The van der Waals surface area contributed by atoms with Crippen molar-refractivity contribution in [2.75, 3.05) is 13.2 Å². The molecule has 1 N–H and O–H groups in total. The molecule has 0 spiro atoms. The Balaban J connectivity index is 1.95. The lowest BCUT2D eigenvalue weighted by molar-refractivity contribution is -0.143. The average molecular weight is 143 g/mol. The first-order chi connectivity index (χ1) is 4.84. The smallest absolute Gasteiger partial charge is 0.324 e. The van der Waals surface area contributed by atoms with Crippen LogP contribution in [-0.4, -0.2) is 25.2 Å². The Morgan fingerprint density at radius 1 is 1.80 bits per heavy atom. The summed E-state index contributed by atoms with van der Waals surface area (Å²) in [5.41, 5.74) is 0. The number of carbonyl (C=O) groups excluding carboxylic acids is 1. The third-order valence-corrected chi connectivity index (χ3v) is 1.43. The Hall–Kier alpha value is -0.570. The summed E-state index contributed by atoms with van der Waals surface area (Å²) in [5, 5.41) is 2.89. The van der Waals surface area contributed by atoms with Crippen LogP contribution in [0.1, 0.15) is 19.8 Å². The number of nitrogens with one attached hydrogen (secondary N) is 1. The largest absolute Gasteiger partial charge is 0.464 e. The lowest BCUT2D eigenvalue weighted by Gasteiger charge is -1.99. The summed E-state index contributed by atoms with van der Waals surface area (Å²) in [7, 11) is 0. The van der Waals surface area contributed by atoms with Crippen LogP contribution in [0.2, 0.25) is 0 Å². The Morgan fingerprint density at radius 3 is 3.00 bits per heavy atom. The molecule has 1 aliphatic heterocycles. The average Bonchev–Trinajstić information content (AvgIpc) is 2.69. The second-order valence-electron chi connectivity index (χ2n) is 2.48. The molecule has 0 aromatic carbocycles. The first-order valence-corrected chi connectivity index (χ1v) is 3.74. The van der Waals surface area contributed by atoms with E-state index in [-0.39, 0.29) is 12.0 Å². The highest BCUT2D eigenvalue weighted by Gasteiger charge is 2.29. The van der Waals surface area contributed by atoms with Gasteiger partial charge in [-0.3, -0.25) is 4.79 Å². The molecule has 1 rings (SSSR count). The van der Waals surface area contributed by atoms with E-state index < -0.39 is 0 Å². The maximum atomic E-state index is 10.8. The van der Waals surface area contributed by atoms with E-state index in [4.69, 9.17) is 4.74 Å². The van der Waals surface area contributed by atoms with E-state index in [0.29, 0.717) is 6.61 Å². The maximum Gasteiger partial charge on any atom is 0.324 e. The molecule has 0 amide bonds. The summed E-state index contributed by atoms with van der Waals surface area (Å²) >= 11 is 0. The zero-order valence-electron chi connectivity index (χ0n) is 6.22. The molecule has 10 heavy (non-hydrogen) atoms. The molecule has 1 saturated heterocycles. The molecule has 1 fully saturated rings. The lowest BCUT2D eigenvalue weighted by atomic mass is 10.4. The molecule has 3 heteroatoms. The van der Waals surface area contributed by atoms with Crippen molar-refractivity contribution in [2.45, 2.75) is 25.8 Å². The van der Waals surface area contributed by atoms with Crippen LogP contribution in [0.25, 0.3) is 0 Å². The summed E-state index contributed by atoms with van der Waals surface area (Å²) in [5.74, 6) is -0.0894. The second-order valence-corrected chi connectivity index (χ2v) is 2.48. The van der Waals surface area contributed by atoms with Crippen molar-refractivity contribution in [3.63, 3.8) is 0 Å². The summed E-state index contributed by atoms with van der Waals surface area (Å²) < 4.78 is 4.90. The van der Waals surface area contributed by atoms with Gasteiger partial charge < -0.3 is 10.1 Å². The van der Waals surface area contributed by atoms with Crippen LogP contribution >= 0.6 is 0 Å². The minimum atomic E-state index is -0.0894. The summed E-state index contributed by atoms with van der Waals surface area (Å²) in [4.78, 5) is 10.8. The number of ether oxygens (including phenoxy) is 1. The van der Waals surface area contributed by atoms with Crippen molar-refractivity contribution in [1.82, 2.24) is 5.32 Å². The molecular weight excluding hydrogens is 130 g/mol. The van der Waals surface area contributed by atoms with Crippen molar-refractivity contribution in [3.8, 4) is 0 Å². The SMILES string of the molecule is CCCCOC(=O)C1CN1. The predicted octanol–water partition coefficient (Wildman–Crippen LogP) is 0.301. The lowest BCUT2D eigenvalue weighted by Crippen LogP contribution is -2.14. The first kappa shape index (κ1) is 7.54. The highest BCUT2D eigenvalue weighted by atomic mass is 16.5. The van der Waals surface area contributed by atoms with Crippen LogP contribution in [0.5, 0.6) is 0 Å². The zero-order chi connectivity index (χ0) is 7.40. The minimum Gasteiger partial charge on any atom is -0.464 e. The highest BCUT2D eigenvalue weighted by molar-refractivity contribution is 5.78. The van der Waals surface area contributed by atoms with Gasteiger partial charge in [-0.25, -0.2) is 0 Å². The van der Waals surface area contributed by atoms with Gasteiger partial charge in [0, 0.05) is 6.54 Å². The molecular formula is C7H13NO2. The molecule has 0 radical (unpaired) electrons. The number of rotatable bonds is 4. The van der Waals surface area contributed by atoms with E-state index in [1.54, 1.807) is 0 Å². The van der Waals surface area contributed by atoms with E-state index in [1.165, 1.54) is 0 Å². The van der Waals surface area contributed by atoms with Crippen molar-refractivity contribution in [1.29, 1.82) is 0 Å². The standard InChI is InChI=1S/C7H13NO2/c1-2-3-4-10-7(9)6-5-8-6/h6,8H,2-5H2,1H3. The molecule has 1 heterocycles. The maximum absolute atomic E-state index is 10.8. The fourth-order valence-corrected chi connectivity index (χ4v) is 0.643. The van der Waals surface area contributed by atoms with Gasteiger partial charge in [-0.2, -0.15) is 0 Å². The molecule has 1 atom stereocenters. The normalized spacial score (nSPS) is 22.3. The minimum absolute atomic E-state index is 0.0110. The highest BCUT2D eigenvalue weighted by Crippen LogP contribution is 2.00. The van der Waals surface area contributed by atoms with Crippen molar-refractivity contribution < 1.29 is 9.53 Å². The Kier molecular flexibility index (Phi) is 2.68. The Bertz CT molecular complexity index is 121. The summed E-state index contributed by atoms with van der Waals surface area (Å²) in [6.07, 6.45) is 2.05. The van der Waals surface area contributed by atoms with Crippen LogP contribution in [0.3, 0.4) is 0 Å². The number of hydrogen-bond donors (Lipinski definition) is 1. The number of unbranched alkanes of at least 4 members (excludes halogenated alkanes) is 1. The van der Waals surface area contributed by atoms with Crippen molar-refractivity contribution >= 4 is 5.97 Å². The molecule has 58 valence electrons. The Morgan fingerprint density at radius 2 is 2.50 bits per heavy atom. The fraction of sp³-hybridized carbons (Fsp3) is 0.857. The van der Waals surface area contributed by atoms with Gasteiger partial charge in [0.2, 0.25) is 0 Å². The Labute approximate surface area is 60.7 Å². The van der Waals surface area contributed by atoms with Gasteiger partial charge in [0.1, 0.15) is 6.04 Å². The predicted molar refractivity (Wildman–Crippen MR) is 37.7 cm³/mol. The van der Waals surface area contributed by atoms with Gasteiger partial charge in [-0.05, 0) is 6.42 Å². The van der Waals surface area contributed by atoms with E-state index in [2.05, 4.69) is 12.2 Å². The van der Waals surface area contributed by atoms with E-state index in [1.807, 2.05) is 0 Å². The quantitative estimate of drug-likeness (QED) is 0.350. The van der Waals surface area contributed by atoms with Crippen LogP contribution in [-0.2, 0) is 9.53 Å². The van der Waals surface area contributed by atoms with Crippen LogP contribution in [0, 0.1) is 0 Å². The topological polar surface area (TPSA) is 48.2 Å². The van der Waals surface area contributed by atoms with Crippen molar-refractivity contribution in [2.24, 2.45) is 0 Å². The van der Waals surface area contributed by atoms with Crippen molar-refractivity contribution in [3.05, 3.63) is 0 Å². The summed E-state index contributed by atoms with van der Waals surface area (Å²) in [6, 6.07) is 0.0110. The van der Waals surface area contributed by atoms with Gasteiger partial charge in [-0.1, -0.05) is 13.3 Å².